The number of rotatable bonds is 8. The van der Waals surface area contributed by atoms with Crippen molar-refractivity contribution in [1.29, 1.82) is 0 Å². The molecule has 0 spiro atoms. The number of piperidine rings is 1. The Morgan fingerprint density at radius 3 is 2.70 bits per heavy atom. The second kappa shape index (κ2) is 9.77. The SMILES string of the molecule is CC1CCN(c2nnc(SCC(=O)Nc3ccnn3Cc3ccccc3Cl)n2C2CC2)CC1. The van der Waals surface area contributed by atoms with Gasteiger partial charge in [-0.3, -0.25) is 9.36 Å². The summed E-state index contributed by atoms with van der Waals surface area (Å²) in [6.45, 7) is 4.84. The lowest BCUT2D eigenvalue weighted by atomic mass is 10.00. The third-order valence-electron chi connectivity index (χ3n) is 6.22. The molecule has 1 saturated heterocycles. The molecule has 2 fully saturated rings. The third-order valence-corrected chi connectivity index (χ3v) is 7.53. The number of hydrogen-bond acceptors (Lipinski definition) is 6. The predicted molar refractivity (Wildman–Crippen MR) is 131 cm³/mol. The molecule has 5 rings (SSSR count). The molecule has 174 valence electrons. The fraction of sp³-hybridized carbons (Fsp3) is 0.478. The molecule has 8 nitrogen and oxygen atoms in total. The summed E-state index contributed by atoms with van der Waals surface area (Å²) in [7, 11) is 0. The lowest BCUT2D eigenvalue weighted by molar-refractivity contribution is -0.113. The lowest BCUT2D eigenvalue weighted by Crippen LogP contribution is -2.34. The Balaban J connectivity index is 1.22. The van der Waals surface area contributed by atoms with Crippen molar-refractivity contribution in [3.8, 4) is 0 Å². The van der Waals surface area contributed by atoms with Gasteiger partial charge in [-0.2, -0.15) is 5.10 Å². The molecule has 3 heterocycles. The van der Waals surface area contributed by atoms with Crippen molar-refractivity contribution in [3.05, 3.63) is 47.1 Å². The van der Waals surface area contributed by atoms with Gasteiger partial charge in [-0.25, -0.2) is 4.68 Å². The summed E-state index contributed by atoms with van der Waals surface area (Å²) in [6.07, 6.45) is 6.34. The highest BCUT2D eigenvalue weighted by molar-refractivity contribution is 7.99. The van der Waals surface area contributed by atoms with Crippen LogP contribution in [0.5, 0.6) is 0 Å². The zero-order valence-electron chi connectivity index (χ0n) is 18.7. The molecule has 2 aliphatic rings. The van der Waals surface area contributed by atoms with Crippen LogP contribution in [-0.4, -0.2) is 49.3 Å². The van der Waals surface area contributed by atoms with Gasteiger partial charge in [-0.15, -0.1) is 10.2 Å². The van der Waals surface area contributed by atoms with Crippen LogP contribution in [0.1, 0.15) is 44.2 Å². The van der Waals surface area contributed by atoms with Crippen LogP contribution >= 0.6 is 23.4 Å². The number of aromatic nitrogens is 5. The van der Waals surface area contributed by atoms with E-state index in [9.17, 15) is 4.79 Å². The van der Waals surface area contributed by atoms with Crippen molar-refractivity contribution >= 4 is 41.0 Å². The number of anilines is 2. The molecular formula is C23H28ClN7OS. The van der Waals surface area contributed by atoms with Gasteiger partial charge in [0.15, 0.2) is 5.16 Å². The van der Waals surface area contributed by atoms with E-state index in [1.165, 1.54) is 24.6 Å². The number of carbonyl (C=O) groups is 1. The van der Waals surface area contributed by atoms with E-state index >= 15 is 0 Å². The lowest BCUT2D eigenvalue weighted by Gasteiger charge is -2.31. The molecule has 0 atom stereocenters. The van der Waals surface area contributed by atoms with Crippen LogP contribution in [-0.2, 0) is 11.3 Å². The molecule has 10 heteroatoms. The van der Waals surface area contributed by atoms with Crippen molar-refractivity contribution in [2.24, 2.45) is 5.92 Å². The van der Waals surface area contributed by atoms with Gasteiger partial charge in [0.25, 0.3) is 0 Å². The number of carbonyl (C=O) groups excluding carboxylic acids is 1. The summed E-state index contributed by atoms with van der Waals surface area (Å²) < 4.78 is 3.99. The molecule has 1 amide bonds. The Hall–Kier alpha value is -2.52. The van der Waals surface area contributed by atoms with Crippen molar-refractivity contribution < 1.29 is 4.79 Å². The van der Waals surface area contributed by atoms with Gasteiger partial charge in [-0.1, -0.05) is 48.5 Å². The van der Waals surface area contributed by atoms with Crippen LogP contribution in [0.3, 0.4) is 0 Å². The smallest absolute Gasteiger partial charge is 0.235 e. The van der Waals surface area contributed by atoms with Crippen LogP contribution in [0.15, 0.2) is 41.7 Å². The van der Waals surface area contributed by atoms with Gasteiger partial charge in [0.05, 0.1) is 18.5 Å². The second-order valence-electron chi connectivity index (χ2n) is 8.86. The maximum absolute atomic E-state index is 12.7. The zero-order valence-corrected chi connectivity index (χ0v) is 20.2. The number of halogens is 1. The molecule has 2 aromatic heterocycles. The fourth-order valence-corrected chi connectivity index (χ4v) is 5.10. The molecule has 1 aliphatic heterocycles. The van der Waals surface area contributed by atoms with Gasteiger partial charge < -0.3 is 10.2 Å². The minimum absolute atomic E-state index is 0.0976. The Morgan fingerprint density at radius 1 is 1.15 bits per heavy atom. The Bertz CT molecular complexity index is 1120. The maximum atomic E-state index is 12.7. The average molecular weight is 486 g/mol. The quantitative estimate of drug-likeness (QED) is 0.474. The van der Waals surface area contributed by atoms with E-state index in [0.717, 1.165) is 48.5 Å². The van der Waals surface area contributed by atoms with E-state index in [0.29, 0.717) is 23.4 Å². The van der Waals surface area contributed by atoms with Gasteiger partial charge in [0.2, 0.25) is 11.9 Å². The first-order valence-electron chi connectivity index (χ1n) is 11.5. The van der Waals surface area contributed by atoms with Crippen molar-refractivity contribution in [3.63, 3.8) is 0 Å². The molecule has 3 aromatic rings. The molecular weight excluding hydrogens is 458 g/mol. The number of hydrogen-bond donors (Lipinski definition) is 1. The second-order valence-corrected chi connectivity index (χ2v) is 10.2. The minimum atomic E-state index is -0.0976. The molecule has 0 radical (unpaired) electrons. The predicted octanol–water partition coefficient (Wildman–Crippen LogP) is 4.48. The van der Waals surface area contributed by atoms with Crippen LogP contribution in [0.25, 0.3) is 0 Å². The van der Waals surface area contributed by atoms with E-state index < -0.39 is 0 Å². The highest BCUT2D eigenvalue weighted by atomic mass is 35.5. The van der Waals surface area contributed by atoms with Crippen molar-refractivity contribution in [2.45, 2.75) is 50.4 Å². The first-order valence-corrected chi connectivity index (χ1v) is 12.8. The van der Waals surface area contributed by atoms with Crippen LogP contribution in [0, 0.1) is 5.92 Å². The maximum Gasteiger partial charge on any atom is 0.235 e. The Kier molecular flexibility index (Phi) is 6.59. The molecule has 0 bridgehead atoms. The largest absolute Gasteiger partial charge is 0.341 e. The number of thioether (sulfide) groups is 1. The summed E-state index contributed by atoms with van der Waals surface area (Å²) in [5.41, 5.74) is 0.949. The molecule has 0 unspecified atom stereocenters. The van der Waals surface area contributed by atoms with E-state index in [4.69, 9.17) is 11.6 Å². The monoisotopic (exact) mass is 485 g/mol. The summed E-state index contributed by atoms with van der Waals surface area (Å²) in [4.78, 5) is 15.1. The van der Waals surface area contributed by atoms with E-state index in [1.807, 2.05) is 24.3 Å². The highest BCUT2D eigenvalue weighted by Gasteiger charge is 2.32. The molecule has 1 saturated carbocycles. The van der Waals surface area contributed by atoms with Crippen LogP contribution in [0.2, 0.25) is 5.02 Å². The summed E-state index contributed by atoms with van der Waals surface area (Å²) in [5, 5.41) is 17.8. The van der Waals surface area contributed by atoms with Gasteiger partial charge in [-0.05, 0) is 43.2 Å². The number of nitrogens with one attached hydrogen (secondary N) is 1. The Labute approximate surface area is 202 Å². The topological polar surface area (TPSA) is 80.9 Å². The summed E-state index contributed by atoms with van der Waals surface area (Å²) in [5.74, 6) is 2.54. The van der Waals surface area contributed by atoms with Crippen molar-refractivity contribution in [2.75, 3.05) is 29.1 Å². The van der Waals surface area contributed by atoms with Crippen LogP contribution < -0.4 is 10.2 Å². The molecule has 1 aliphatic carbocycles. The van der Waals surface area contributed by atoms with Crippen molar-refractivity contribution in [1.82, 2.24) is 24.5 Å². The van der Waals surface area contributed by atoms with E-state index in [1.54, 1.807) is 16.9 Å². The summed E-state index contributed by atoms with van der Waals surface area (Å²) >= 11 is 7.72. The number of amides is 1. The summed E-state index contributed by atoms with van der Waals surface area (Å²) in [6, 6.07) is 9.89. The zero-order chi connectivity index (χ0) is 22.8. The standard InChI is InChI=1S/C23H28ClN7OS/c1-16-9-12-29(13-10-16)22-27-28-23(31(22)18-6-7-18)33-15-21(32)26-20-8-11-25-30(20)14-17-4-2-3-5-19(17)24/h2-5,8,11,16,18H,6-7,9-10,12-15H2,1H3,(H,26,32). The first-order chi connectivity index (χ1) is 16.1. The minimum Gasteiger partial charge on any atom is -0.341 e. The van der Waals surface area contributed by atoms with Gasteiger partial charge in [0, 0.05) is 30.2 Å². The average Bonchev–Trinajstić information content (AvgIpc) is 3.42. The molecule has 33 heavy (non-hydrogen) atoms. The van der Waals surface area contributed by atoms with Crippen LogP contribution in [0.4, 0.5) is 11.8 Å². The third kappa shape index (κ3) is 5.19. The first kappa shape index (κ1) is 22.3. The molecule has 1 aromatic carbocycles. The number of benzene rings is 1. The Morgan fingerprint density at radius 2 is 1.94 bits per heavy atom. The van der Waals surface area contributed by atoms with E-state index in [-0.39, 0.29) is 11.7 Å². The highest BCUT2D eigenvalue weighted by Crippen LogP contribution is 2.41. The van der Waals surface area contributed by atoms with Gasteiger partial charge in [0.1, 0.15) is 5.82 Å². The number of nitrogens with zero attached hydrogens (tertiary/aromatic N) is 6. The van der Waals surface area contributed by atoms with E-state index in [2.05, 4.69) is 37.0 Å². The molecule has 1 N–H and O–H groups in total. The van der Waals surface area contributed by atoms with Gasteiger partial charge >= 0.3 is 0 Å². The fourth-order valence-electron chi connectivity index (χ4n) is 4.11. The normalized spacial score (nSPS) is 16.8.